The van der Waals surface area contributed by atoms with E-state index in [-0.39, 0.29) is 35.5 Å². The lowest BCUT2D eigenvalue weighted by atomic mass is 9.78. The Bertz CT molecular complexity index is 4040. The van der Waals surface area contributed by atoms with Gasteiger partial charge in [-0.15, -0.1) is 45.3 Å². The molecule has 2 aliphatic rings. The smallest absolute Gasteiger partial charge is 0.261 e. The Kier molecular flexibility index (Phi) is 35.3. The number of nitrogens with zero attached hydrogens (tertiary/aromatic N) is 2. The predicted molar refractivity (Wildman–Crippen MR) is 482 cm³/mol. The number of carbonyl (C=O) groups is 4. The Morgan fingerprint density at radius 3 is 0.800 bits per heavy atom. The van der Waals surface area contributed by atoms with Crippen molar-refractivity contribution in [2.45, 2.75) is 363 Å². The highest BCUT2D eigenvalue weighted by Gasteiger charge is 2.40. The number of benzene rings is 5. The number of rotatable bonds is 58. The second kappa shape index (κ2) is 45.5. The second-order valence-electron chi connectivity index (χ2n) is 33.6. The normalized spacial score (nSPS) is 13.8. The number of aryl methyl sites for hydroxylation is 2. The van der Waals surface area contributed by atoms with E-state index in [4.69, 9.17) is 0 Å². The van der Waals surface area contributed by atoms with E-state index in [0.29, 0.717) is 35.3 Å². The third kappa shape index (κ3) is 22.5. The number of amides is 4. The molecule has 10 heteroatoms. The van der Waals surface area contributed by atoms with Crippen LogP contribution in [0.3, 0.4) is 0 Å². The molecule has 2 atom stereocenters. The number of carbonyl (C=O) groups excluding carboxylic acids is 4. The zero-order chi connectivity index (χ0) is 76.8. The number of fused-ring (bicyclic) bond motifs is 2. The lowest BCUT2D eigenvalue weighted by Crippen LogP contribution is -2.43. The van der Waals surface area contributed by atoms with Crippen molar-refractivity contribution >= 4 is 112 Å². The molecule has 5 aromatic carbocycles. The molecule has 6 heterocycles. The summed E-state index contributed by atoms with van der Waals surface area (Å²) in [7, 11) is 0. The van der Waals surface area contributed by atoms with Gasteiger partial charge in [-0.2, -0.15) is 0 Å². The maximum absolute atomic E-state index is 16.2. The average molecular weight is 1560 g/mol. The van der Waals surface area contributed by atoms with E-state index in [0.717, 1.165) is 128 Å². The van der Waals surface area contributed by atoms with Crippen LogP contribution in [-0.2, 0) is 12.8 Å². The van der Waals surface area contributed by atoms with Crippen LogP contribution in [-0.4, -0.2) is 46.5 Å². The van der Waals surface area contributed by atoms with Crippen molar-refractivity contribution in [1.29, 1.82) is 0 Å². The molecule has 0 saturated carbocycles. The molecule has 11 rings (SSSR count). The summed E-state index contributed by atoms with van der Waals surface area (Å²) >= 11 is 7.37. The molecular formula is C100H138N2O4S4. The van der Waals surface area contributed by atoms with Gasteiger partial charge in [-0.3, -0.25) is 29.0 Å². The fourth-order valence-corrected chi connectivity index (χ4v) is 22.7. The average Bonchev–Trinajstić information content (AvgIpc) is 0.801. The molecule has 0 saturated heterocycles. The first-order valence-electron chi connectivity index (χ1n) is 45.5. The molecule has 2 unspecified atom stereocenters. The number of imide groups is 2. The first-order chi connectivity index (χ1) is 54.1. The van der Waals surface area contributed by atoms with E-state index >= 15 is 19.2 Å². The van der Waals surface area contributed by atoms with Gasteiger partial charge >= 0.3 is 0 Å². The lowest BCUT2D eigenvalue weighted by Gasteiger charge is -2.33. The molecule has 2 aliphatic heterocycles. The molecule has 4 amide bonds. The van der Waals surface area contributed by atoms with Crippen LogP contribution < -0.4 is 0 Å². The molecular weight excluding hydrogens is 1420 g/mol. The summed E-state index contributed by atoms with van der Waals surface area (Å²) in [6, 6.07) is 31.1. The van der Waals surface area contributed by atoms with Crippen LogP contribution in [0.5, 0.6) is 0 Å². The van der Waals surface area contributed by atoms with E-state index in [9.17, 15) is 0 Å². The standard InChI is InChI=1S/C100H138N2O4S4/c1-7-13-19-25-29-33-35-39-43-47-53-73(51-45-41-37-31-27-21-15-9-3)71-101-97(103)79-61-59-77-92-82(86-66-68-90(110-86)88-64-58-76(108-88)56-50-24-18-12-6)70-84-94-80(98(104)102(100(84)106)72-74(52-46-42-38-32-28-22-16-10-4)54-48-44-40-36-34-30-26-20-14-8-2)62-60-78(96(92)94)91-81(69-83(99(101)105)93(79)95(77)91)85-65-67-89(109-85)87-63-57-75(107-87)55-49-23-17-11-5/h57-70,73-74H,7-56,71-72H2,1-6H3. The molecule has 596 valence electrons. The monoisotopic (exact) mass is 1560 g/mol. The summed E-state index contributed by atoms with van der Waals surface area (Å²) in [6.45, 7) is 14.6. The number of hydrogen-bond donors (Lipinski definition) is 0. The first kappa shape index (κ1) is 85.4. The molecule has 0 bridgehead atoms. The molecule has 0 fully saturated rings. The zero-order valence-corrected chi connectivity index (χ0v) is 72.4. The van der Waals surface area contributed by atoms with Gasteiger partial charge in [0.05, 0.1) is 0 Å². The van der Waals surface area contributed by atoms with Crippen molar-refractivity contribution in [3.8, 4) is 40.4 Å². The summed E-state index contributed by atoms with van der Waals surface area (Å²) < 4.78 is 0. The van der Waals surface area contributed by atoms with Gasteiger partial charge in [-0.05, 0) is 168 Å². The highest BCUT2D eigenvalue weighted by molar-refractivity contribution is 7.24. The fraction of sp³-hybridized carbons (Fsp3) is 0.600. The van der Waals surface area contributed by atoms with E-state index in [1.165, 1.54) is 286 Å². The van der Waals surface area contributed by atoms with E-state index < -0.39 is 0 Å². The second-order valence-corrected chi connectivity index (χ2v) is 38.1. The number of hydrogen-bond acceptors (Lipinski definition) is 8. The maximum Gasteiger partial charge on any atom is 0.261 e. The Morgan fingerprint density at radius 2 is 0.491 bits per heavy atom. The minimum absolute atomic E-state index is 0.191. The zero-order valence-electron chi connectivity index (χ0n) is 69.2. The maximum atomic E-state index is 16.2. The first-order valence-corrected chi connectivity index (χ1v) is 48.8. The van der Waals surface area contributed by atoms with E-state index in [1.807, 2.05) is 34.8 Å². The number of unbranched alkanes of at least 4 members (excludes halogenated alkanes) is 38. The van der Waals surface area contributed by atoms with Crippen molar-refractivity contribution in [1.82, 2.24) is 9.80 Å². The van der Waals surface area contributed by atoms with Crippen LogP contribution >= 0.6 is 45.3 Å². The van der Waals surface area contributed by atoms with Gasteiger partial charge in [0.2, 0.25) is 0 Å². The van der Waals surface area contributed by atoms with Crippen LogP contribution in [0.1, 0.15) is 401 Å². The van der Waals surface area contributed by atoms with Crippen LogP contribution in [0.15, 0.2) is 84.9 Å². The highest BCUT2D eigenvalue weighted by atomic mass is 32.1. The quantitative estimate of drug-likeness (QED) is 0.0165. The van der Waals surface area contributed by atoms with Gasteiger partial charge < -0.3 is 0 Å². The fourth-order valence-electron chi connectivity index (χ4n) is 18.4. The molecule has 0 spiro atoms. The highest BCUT2D eigenvalue weighted by Crippen LogP contribution is 2.54. The van der Waals surface area contributed by atoms with Gasteiger partial charge in [0.25, 0.3) is 23.6 Å². The minimum Gasteiger partial charge on any atom is -0.274 e. The van der Waals surface area contributed by atoms with Gasteiger partial charge in [-0.1, -0.05) is 323 Å². The summed E-state index contributed by atoms with van der Waals surface area (Å²) in [5.74, 6) is -0.327. The Labute approximate surface area is 680 Å². The summed E-state index contributed by atoms with van der Waals surface area (Å²) in [6.07, 6.45) is 61.7. The molecule has 0 aliphatic carbocycles. The molecule has 0 radical (unpaired) electrons. The largest absolute Gasteiger partial charge is 0.274 e. The lowest BCUT2D eigenvalue weighted by molar-refractivity contribution is 0.0563. The van der Waals surface area contributed by atoms with Crippen LogP contribution in [0.4, 0.5) is 0 Å². The SMILES string of the molecule is CCCCCCCCCCCCC(CCCCCCCCCC)CN1C(=O)c2ccc3c4c(-c5ccc(-c6ccc(CCCCCC)s6)s5)cc5c6c(ccc(c7c(-c8ccc(-c9ccc(CCCCCC)s9)s8)cc(c2c37)C1=O)c64)C(=O)N(CC(CCCCCCCCCC)CCCCCCCCCCCC)C5=O. The van der Waals surface area contributed by atoms with Crippen molar-refractivity contribution in [3.05, 3.63) is 117 Å². The molecule has 6 nitrogen and oxygen atoms in total. The van der Waals surface area contributed by atoms with Crippen LogP contribution in [0.2, 0.25) is 0 Å². The van der Waals surface area contributed by atoms with Gasteiger partial charge in [0.15, 0.2) is 0 Å². The van der Waals surface area contributed by atoms with Gasteiger partial charge in [0.1, 0.15) is 0 Å². The summed E-state index contributed by atoms with van der Waals surface area (Å²) in [5, 5.41) is 7.15. The van der Waals surface area contributed by atoms with Gasteiger partial charge in [0, 0.05) is 96.3 Å². The van der Waals surface area contributed by atoms with E-state index in [2.05, 4.69) is 114 Å². The third-order valence-electron chi connectivity index (χ3n) is 24.9. The number of thiophene rings is 4. The Hall–Kier alpha value is -5.52. The molecule has 9 aromatic rings. The predicted octanol–water partition coefficient (Wildman–Crippen LogP) is 33.0. The van der Waals surface area contributed by atoms with Gasteiger partial charge in [-0.25, -0.2) is 0 Å². The minimum atomic E-state index is -0.191. The molecule has 4 aromatic heterocycles. The van der Waals surface area contributed by atoms with Crippen LogP contribution in [0.25, 0.3) is 83.5 Å². The Morgan fingerprint density at radius 1 is 0.236 bits per heavy atom. The van der Waals surface area contributed by atoms with Crippen molar-refractivity contribution < 1.29 is 19.2 Å². The summed E-state index contributed by atoms with van der Waals surface area (Å²) in [4.78, 5) is 77.5. The van der Waals surface area contributed by atoms with Crippen molar-refractivity contribution in [2.75, 3.05) is 13.1 Å². The van der Waals surface area contributed by atoms with Crippen LogP contribution in [0, 0.1) is 11.8 Å². The summed E-state index contributed by atoms with van der Waals surface area (Å²) in [5.41, 5.74) is 4.29. The molecule has 0 N–H and O–H groups in total. The van der Waals surface area contributed by atoms with Crippen molar-refractivity contribution in [3.63, 3.8) is 0 Å². The Balaban J connectivity index is 1.01. The third-order valence-corrected chi connectivity index (χ3v) is 29.8. The van der Waals surface area contributed by atoms with Crippen molar-refractivity contribution in [2.24, 2.45) is 11.8 Å². The molecule has 110 heavy (non-hydrogen) atoms. The topological polar surface area (TPSA) is 74.8 Å². The van der Waals surface area contributed by atoms with E-state index in [1.54, 1.807) is 32.5 Å².